The van der Waals surface area contributed by atoms with Crippen molar-refractivity contribution in [2.75, 3.05) is 13.1 Å². The molecule has 1 atom stereocenters. The van der Waals surface area contributed by atoms with Crippen LogP contribution < -0.4 is 32.9 Å². The number of rotatable bonds is 6. The monoisotopic (exact) mass is 465 g/mol. The van der Waals surface area contributed by atoms with Crippen LogP contribution >= 0.6 is 7.26 Å². The molecule has 1 fully saturated rings. The van der Waals surface area contributed by atoms with Gasteiger partial charge in [0.2, 0.25) is 0 Å². The van der Waals surface area contributed by atoms with E-state index in [2.05, 4.69) is 97.6 Å². The average Bonchev–Trinajstić information content (AvgIpc) is 3.12. The molecule has 29 heavy (non-hydrogen) atoms. The zero-order valence-electron chi connectivity index (χ0n) is 16.3. The molecule has 0 N–H and O–H groups in total. The van der Waals surface area contributed by atoms with Crippen molar-refractivity contribution in [3.63, 3.8) is 0 Å². The zero-order valence-corrected chi connectivity index (χ0v) is 18.8. The number of carbonyl (C=O) groups excluding carboxylic acids is 1. The summed E-state index contributed by atoms with van der Waals surface area (Å²) in [5.74, 6) is 0.254. The summed E-state index contributed by atoms with van der Waals surface area (Å²) in [7, 11) is -2.14. The van der Waals surface area contributed by atoms with Gasteiger partial charge in [0, 0.05) is 19.5 Å². The molecule has 2 nitrogen and oxygen atoms in total. The van der Waals surface area contributed by atoms with E-state index in [1.807, 2.05) is 11.0 Å². The van der Waals surface area contributed by atoms with E-state index in [0.717, 1.165) is 13.0 Å². The first-order valence-electron chi connectivity index (χ1n) is 9.73. The molecule has 4 rings (SSSR count). The Kier molecular flexibility index (Phi) is 7.05. The maximum atomic E-state index is 13.6. The fourth-order valence-corrected chi connectivity index (χ4v) is 9.29. The van der Waals surface area contributed by atoms with E-state index in [1.165, 1.54) is 15.9 Å². The van der Waals surface area contributed by atoms with Crippen LogP contribution in [0.2, 0.25) is 0 Å². The van der Waals surface area contributed by atoms with Crippen LogP contribution in [0.25, 0.3) is 0 Å². The molecule has 1 saturated heterocycles. The normalized spacial score (nSPS) is 16.3. The maximum Gasteiger partial charge on any atom is 0.264 e. The van der Waals surface area contributed by atoms with Crippen LogP contribution in [-0.2, 0) is 4.79 Å². The third kappa shape index (κ3) is 3.82. The molecule has 3 aromatic carbocycles. The minimum absolute atomic E-state index is 0. The molecule has 1 amide bonds. The molecule has 0 bridgehead atoms. The number of amides is 1. The second-order valence-electron chi connectivity index (χ2n) is 7.11. The Morgan fingerprint density at radius 2 is 1.24 bits per heavy atom. The average molecular weight is 466 g/mol. The Hall–Kier alpha value is -2.22. The first kappa shape index (κ1) is 21.5. The molecule has 0 spiro atoms. The smallest absolute Gasteiger partial charge is 0.264 e. The lowest BCUT2D eigenvalue weighted by atomic mass is 10.3. The Balaban J connectivity index is 0.00000240. The quantitative estimate of drug-likeness (QED) is 0.389. The molecular weight excluding hydrogens is 441 g/mol. The third-order valence-corrected chi connectivity index (χ3v) is 10.3. The molecule has 4 heteroatoms. The van der Waals surface area contributed by atoms with Gasteiger partial charge in [-0.3, -0.25) is 4.79 Å². The molecule has 0 aliphatic carbocycles. The van der Waals surface area contributed by atoms with Gasteiger partial charge in [0.1, 0.15) is 23.2 Å². The van der Waals surface area contributed by atoms with Gasteiger partial charge in [0.15, 0.2) is 5.66 Å². The van der Waals surface area contributed by atoms with Crippen molar-refractivity contribution >= 4 is 29.1 Å². The van der Waals surface area contributed by atoms with Crippen molar-refractivity contribution in [2.24, 2.45) is 0 Å². The van der Waals surface area contributed by atoms with Gasteiger partial charge >= 0.3 is 0 Å². The number of benzene rings is 3. The Bertz CT molecular complexity index is 850. The molecule has 148 valence electrons. The largest absolute Gasteiger partial charge is 1.00 e. The molecule has 0 saturated carbocycles. The predicted octanol–water partition coefficient (Wildman–Crippen LogP) is 0.771. The second kappa shape index (κ2) is 9.52. The predicted molar refractivity (Wildman–Crippen MR) is 120 cm³/mol. The van der Waals surface area contributed by atoms with Crippen LogP contribution in [0.3, 0.4) is 0 Å². The van der Waals surface area contributed by atoms with Crippen molar-refractivity contribution in [2.45, 2.75) is 12.1 Å². The fourth-order valence-electron chi connectivity index (χ4n) is 4.40. The van der Waals surface area contributed by atoms with Gasteiger partial charge in [-0.05, 0) is 36.4 Å². The zero-order chi connectivity index (χ0) is 19.4. The Morgan fingerprint density at radius 3 is 1.62 bits per heavy atom. The highest BCUT2D eigenvalue weighted by Gasteiger charge is 2.58. The summed E-state index contributed by atoms with van der Waals surface area (Å²) in [5.41, 5.74) is -0.0420. The van der Waals surface area contributed by atoms with Crippen molar-refractivity contribution < 1.29 is 21.8 Å². The maximum absolute atomic E-state index is 13.6. The highest BCUT2D eigenvalue weighted by molar-refractivity contribution is 7.96. The second-order valence-corrected chi connectivity index (χ2v) is 10.7. The number of likely N-dealkylation sites (tertiary alicyclic amines) is 1. The van der Waals surface area contributed by atoms with Crippen LogP contribution in [0, 0.1) is 0 Å². The van der Waals surface area contributed by atoms with E-state index >= 15 is 0 Å². The van der Waals surface area contributed by atoms with E-state index in [-0.39, 0.29) is 28.5 Å². The van der Waals surface area contributed by atoms with Gasteiger partial charge in [0.25, 0.3) is 5.91 Å². The lowest BCUT2D eigenvalue weighted by Gasteiger charge is -2.31. The number of nitrogens with zero attached hydrogens (tertiary/aromatic N) is 1. The van der Waals surface area contributed by atoms with E-state index in [0.29, 0.717) is 6.54 Å². The van der Waals surface area contributed by atoms with Crippen LogP contribution in [0.15, 0.2) is 104 Å². The summed E-state index contributed by atoms with van der Waals surface area (Å²) in [4.78, 5) is 15.5. The Labute approximate surface area is 184 Å². The van der Waals surface area contributed by atoms with Crippen LogP contribution in [0.4, 0.5) is 0 Å². The molecule has 1 aliphatic rings. The van der Waals surface area contributed by atoms with Gasteiger partial charge in [-0.15, -0.1) is 6.58 Å². The minimum atomic E-state index is -2.14. The van der Waals surface area contributed by atoms with Gasteiger partial charge < -0.3 is 21.9 Å². The van der Waals surface area contributed by atoms with Gasteiger partial charge in [-0.25, -0.2) is 0 Å². The molecule has 1 unspecified atom stereocenters. The van der Waals surface area contributed by atoms with Crippen molar-refractivity contribution in [3.05, 3.63) is 104 Å². The Morgan fingerprint density at radius 1 is 0.828 bits per heavy atom. The summed E-state index contributed by atoms with van der Waals surface area (Å²) in [6, 6.07) is 31.9. The molecule has 3 aromatic rings. The standard InChI is InChI=1S/C25H25NOP.BrH/c1-2-19-26-20-18-24(25(26)27)28(21-12-6-3-7-13-21,22-14-8-4-9-15-22)23-16-10-5-11-17-23;/h2-17,24H,1,18-20H2;1H/q+1;/p-1. The number of halogens is 1. The summed E-state index contributed by atoms with van der Waals surface area (Å²) in [6.45, 7) is 5.25. The van der Waals surface area contributed by atoms with Gasteiger partial charge in [-0.1, -0.05) is 60.7 Å². The summed E-state index contributed by atoms with van der Waals surface area (Å²) < 4.78 is 0. The van der Waals surface area contributed by atoms with Crippen molar-refractivity contribution in [3.8, 4) is 0 Å². The molecule has 0 radical (unpaired) electrons. The summed E-state index contributed by atoms with van der Waals surface area (Å²) >= 11 is 0. The number of carbonyl (C=O) groups is 1. The first-order valence-corrected chi connectivity index (χ1v) is 11.6. The summed E-state index contributed by atoms with van der Waals surface area (Å²) in [5, 5.41) is 3.81. The molecular formula is C25H25BrNOP. The molecule has 1 aliphatic heterocycles. The lowest BCUT2D eigenvalue weighted by molar-refractivity contribution is -0.126. The number of hydrogen-bond acceptors (Lipinski definition) is 1. The van der Waals surface area contributed by atoms with Crippen molar-refractivity contribution in [1.82, 2.24) is 4.90 Å². The fraction of sp³-hybridized carbons (Fsp3) is 0.160. The lowest BCUT2D eigenvalue weighted by Crippen LogP contribution is -3.00. The van der Waals surface area contributed by atoms with Gasteiger partial charge in [0.05, 0.1) is 0 Å². The highest BCUT2D eigenvalue weighted by Crippen LogP contribution is 2.62. The van der Waals surface area contributed by atoms with Crippen LogP contribution in [-0.4, -0.2) is 29.6 Å². The molecule has 1 heterocycles. The highest BCUT2D eigenvalue weighted by atomic mass is 79.9. The van der Waals surface area contributed by atoms with Crippen molar-refractivity contribution in [1.29, 1.82) is 0 Å². The van der Waals surface area contributed by atoms with E-state index in [4.69, 9.17) is 0 Å². The van der Waals surface area contributed by atoms with E-state index in [9.17, 15) is 4.79 Å². The minimum Gasteiger partial charge on any atom is -1.00 e. The first-order chi connectivity index (χ1) is 13.8. The van der Waals surface area contributed by atoms with Crippen LogP contribution in [0.5, 0.6) is 0 Å². The number of hydrogen-bond donors (Lipinski definition) is 0. The van der Waals surface area contributed by atoms with E-state index < -0.39 is 7.26 Å². The molecule has 0 aromatic heterocycles. The van der Waals surface area contributed by atoms with E-state index in [1.54, 1.807) is 0 Å². The van der Waals surface area contributed by atoms with Gasteiger partial charge in [-0.2, -0.15) is 0 Å². The summed E-state index contributed by atoms with van der Waals surface area (Å²) in [6.07, 6.45) is 2.70. The topological polar surface area (TPSA) is 20.3 Å². The SMILES string of the molecule is C=CCN1CCC([P+](c2ccccc2)(c2ccccc2)c2ccccc2)C1=O.[Br-]. The van der Waals surface area contributed by atoms with Crippen LogP contribution in [0.1, 0.15) is 6.42 Å². The third-order valence-electron chi connectivity index (χ3n) is 5.58.